The minimum Gasteiger partial charge on any atom is -0.322 e. The van der Waals surface area contributed by atoms with Crippen LogP contribution in [0.4, 0.5) is 5.69 Å². The third kappa shape index (κ3) is 4.36. The highest BCUT2D eigenvalue weighted by Gasteiger charge is 2.21. The van der Waals surface area contributed by atoms with E-state index in [0.717, 1.165) is 14.4 Å². The van der Waals surface area contributed by atoms with E-state index in [0.29, 0.717) is 11.3 Å². The molecule has 2 heterocycles. The Kier molecular flexibility index (Phi) is 5.56. The van der Waals surface area contributed by atoms with Crippen LogP contribution >= 0.6 is 27.3 Å². The number of carbonyl (C=O) groups excluding carboxylic acids is 1. The van der Waals surface area contributed by atoms with E-state index in [9.17, 15) is 17.8 Å². The van der Waals surface area contributed by atoms with Gasteiger partial charge in [0.15, 0.2) is 0 Å². The molecule has 152 valence electrons. The van der Waals surface area contributed by atoms with Crippen molar-refractivity contribution in [2.45, 2.75) is 4.90 Å². The van der Waals surface area contributed by atoms with Gasteiger partial charge in [0.2, 0.25) is 0 Å². The third-order valence-electron chi connectivity index (χ3n) is 4.18. The number of halogens is 1. The van der Waals surface area contributed by atoms with Gasteiger partial charge in [-0.15, -0.1) is 11.3 Å². The molecule has 4 aromatic rings. The molecule has 7 nitrogen and oxygen atoms in total. The molecule has 4 rings (SSSR count). The molecule has 10 heteroatoms. The van der Waals surface area contributed by atoms with Gasteiger partial charge in [-0.1, -0.05) is 24.3 Å². The number of hydrogen-bond acceptors (Lipinski definition) is 5. The Morgan fingerprint density at radius 2 is 1.83 bits per heavy atom. The number of aromatic nitrogens is 2. The zero-order valence-electron chi connectivity index (χ0n) is 15.2. The Morgan fingerprint density at radius 1 is 1.07 bits per heavy atom. The van der Waals surface area contributed by atoms with Gasteiger partial charge in [0, 0.05) is 11.9 Å². The van der Waals surface area contributed by atoms with Crippen molar-refractivity contribution in [3.05, 3.63) is 82.3 Å². The average Bonchev–Trinajstić information content (AvgIpc) is 3.35. The van der Waals surface area contributed by atoms with Crippen molar-refractivity contribution in [2.24, 2.45) is 0 Å². The lowest BCUT2D eigenvalue weighted by Gasteiger charge is -2.06. The van der Waals surface area contributed by atoms with Crippen LogP contribution in [-0.2, 0) is 10.1 Å². The number of rotatable bonds is 5. The smallest absolute Gasteiger partial charge is 0.294 e. The summed E-state index contributed by atoms with van der Waals surface area (Å²) >= 11 is 4.87. The van der Waals surface area contributed by atoms with Crippen molar-refractivity contribution in [1.82, 2.24) is 9.78 Å². The van der Waals surface area contributed by atoms with Gasteiger partial charge in [0.05, 0.1) is 24.8 Å². The minimum absolute atomic E-state index is 0.237. The van der Waals surface area contributed by atoms with Gasteiger partial charge in [-0.3, -0.25) is 9.35 Å². The molecule has 0 aliphatic rings. The first kappa shape index (κ1) is 20.5. The Labute approximate surface area is 184 Å². The van der Waals surface area contributed by atoms with Gasteiger partial charge >= 0.3 is 0 Å². The van der Waals surface area contributed by atoms with Gasteiger partial charge in [0.25, 0.3) is 16.0 Å². The van der Waals surface area contributed by atoms with Crippen molar-refractivity contribution in [2.75, 3.05) is 5.32 Å². The Bertz CT molecular complexity index is 1330. The van der Waals surface area contributed by atoms with Crippen LogP contribution in [0.15, 0.2) is 81.6 Å². The molecule has 0 radical (unpaired) electrons. The van der Waals surface area contributed by atoms with Gasteiger partial charge in [-0.05, 0) is 58.4 Å². The number of amides is 1. The summed E-state index contributed by atoms with van der Waals surface area (Å²) in [7, 11) is -4.38. The summed E-state index contributed by atoms with van der Waals surface area (Å²) in [6.45, 7) is 0. The maximum Gasteiger partial charge on any atom is 0.294 e. The minimum atomic E-state index is -4.38. The topological polar surface area (TPSA) is 101 Å². The summed E-state index contributed by atoms with van der Waals surface area (Å²) < 4.78 is 34.5. The van der Waals surface area contributed by atoms with Crippen LogP contribution in [0, 0.1) is 0 Å². The molecule has 30 heavy (non-hydrogen) atoms. The number of para-hydroxylation sites is 1. The van der Waals surface area contributed by atoms with Crippen LogP contribution in [0.25, 0.3) is 16.3 Å². The van der Waals surface area contributed by atoms with Crippen molar-refractivity contribution in [3.8, 4) is 16.3 Å². The summed E-state index contributed by atoms with van der Waals surface area (Å²) in [6, 6.07) is 18.5. The molecular weight excluding hydrogens is 490 g/mol. The maximum absolute atomic E-state index is 13.0. The predicted molar refractivity (Wildman–Crippen MR) is 119 cm³/mol. The Balaban J connectivity index is 1.74. The van der Waals surface area contributed by atoms with Gasteiger partial charge in [0.1, 0.15) is 5.69 Å². The highest BCUT2D eigenvalue weighted by atomic mass is 79.9. The fraction of sp³-hybridized carbons (Fsp3) is 0. The molecule has 2 aromatic heterocycles. The summed E-state index contributed by atoms with van der Waals surface area (Å²) in [4.78, 5) is 13.5. The summed E-state index contributed by atoms with van der Waals surface area (Å²) in [5.41, 5.74) is 1.85. The second-order valence-corrected chi connectivity index (χ2v) is 10.1. The lowest BCUT2D eigenvalue weighted by Crippen LogP contribution is -2.12. The van der Waals surface area contributed by atoms with E-state index in [-0.39, 0.29) is 10.6 Å². The molecule has 1 amide bonds. The zero-order chi connectivity index (χ0) is 21.3. The van der Waals surface area contributed by atoms with Crippen molar-refractivity contribution in [3.63, 3.8) is 0 Å². The lowest BCUT2D eigenvalue weighted by molar-refractivity contribution is 0.102. The second-order valence-electron chi connectivity index (χ2n) is 6.23. The summed E-state index contributed by atoms with van der Waals surface area (Å²) in [5.74, 6) is -0.454. The number of nitrogens with one attached hydrogen (secondary N) is 1. The number of thiophene rings is 1. The molecular formula is C20H14BrN3O4S2. The first-order valence-electron chi connectivity index (χ1n) is 8.61. The van der Waals surface area contributed by atoms with Gasteiger partial charge in [-0.25, -0.2) is 4.68 Å². The van der Waals surface area contributed by atoms with E-state index < -0.39 is 16.0 Å². The predicted octanol–water partition coefficient (Wildman–Crippen LogP) is 4.86. The number of carbonyl (C=O) groups is 1. The fourth-order valence-electron chi connectivity index (χ4n) is 2.81. The van der Waals surface area contributed by atoms with Crippen molar-refractivity contribution in [1.29, 1.82) is 0 Å². The van der Waals surface area contributed by atoms with E-state index in [1.165, 1.54) is 35.6 Å². The molecule has 0 aliphatic heterocycles. The SMILES string of the molecule is O=C(Nc1cccc(S(=O)(=O)O)c1)c1cn(-c2ccccc2)nc1-c1ccc(Br)s1. The molecule has 0 saturated heterocycles. The molecule has 0 aliphatic carbocycles. The molecule has 0 fully saturated rings. The number of benzene rings is 2. The largest absolute Gasteiger partial charge is 0.322 e. The first-order chi connectivity index (χ1) is 14.3. The van der Waals surface area contributed by atoms with Crippen LogP contribution in [0.5, 0.6) is 0 Å². The molecule has 2 N–H and O–H groups in total. The van der Waals surface area contributed by atoms with Crippen molar-refractivity contribution >= 4 is 49.0 Å². The van der Waals surface area contributed by atoms with Crippen LogP contribution in [-0.4, -0.2) is 28.7 Å². The molecule has 2 aromatic carbocycles. The van der Waals surface area contributed by atoms with Crippen LogP contribution < -0.4 is 5.32 Å². The lowest BCUT2D eigenvalue weighted by atomic mass is 10.2. The monoisotopic (exact) mass is 503 g/mol. The number of anilines is 1. The highest BCUT2D eigenvalue weighted by Crippen LogP contribution is 2.33. The van der Waals surface area contributed by atoms with Crippen LogP contribution in [0.1, 0.15) is 10.4 Å². The van der Waals surface area contributed by atoms with E-state index in [4.69, 9.17) is 0 Å². The second kappa shape index (κ2) is 8.15. The summed E-state index contributed by atoms with van der Waals surface area (Å²) in [5, 5.41) is 7.27. The third-order valence-corrected chi connectivity index (χ3v) is 6.66. The normalized spacial score (nSPS) is 11.4. The van der Waals surface area contributed by atoms with Gasteiger partial charge in [-0.2, -0.15) is 13.5 Å². The Hall–Kier alpha value is -2.79. The zero-order valence-corrected chi connectivity index (χ0v) is 18.4. The molecule has 0 spiro atoms. The van der Waals surface area contributed by atoms with Gasteiger partial charge < -0.3 is 5.32 Å². The van der Waals surface area contributed by atoms with Crippen LogP contribution in [0.3, 0.4) is 0 Å². The number of hydrogen-bond donors (Lipinski definition) is 2. The quantitative estimate of drug-likeness (QED) is 0.378. The van der Waals surface area contributed by atoms with E-state index in [1.807, 2.05) is 42.5 Å². The maximum atomic E-state index is 13.0. The highest BCUT2D eigenvalue weighted by molar-refractivity contribution is 9.11. The average molecular weight is 504 g/mol. The van der Waals surface area contributed by atoms with Crippen LogP contribution in [0.2, 0.25) is 0 Å². The standard InChI is InChI=1S/C20H14BrN3O4S2/c21-18-10-9-17(29-18)19-16(12-24(23-19)14-6-2-1-3-7-14)20(25)22-13-5-4-8-15(11-13)30(26,27)28/h1-12H,(H,22,25)(H,26,27,28). The fourth-order valence-corrected chi connectivity index (χ4v) is 4.72. The molecule has 0 saturated carbocycles. The summed E-state index contributed by atoms with van der Waals surface area (Å²) in [6.07, 6.45) is 1.63. The first-order valence-corrected chi connectivity index (χ1v) is 11.7. The van der Waals surface area contributed by atoms with E-state index in [2.05, 4.69) is 26.3 Å². The Morgan fingerprint density at radius 3 is 2.50 bits per heavy atom. The number of nitrogens with zero attached hydrogens (tertiary/aromatic N) is 2. The molecule has 0 bridgehead atoms. The van der Waals surface area contributed by atoms with Crippen molar-refractivity contribution < 1.29 is 17.8 Å². The van der Waals surface area contributed by atoms with E-state index in [1.54, 1.807) is 10.9 Å². The molecule has 0 unspecified atom stereocenters. The molecule has 0 atom stereocenters. The van der Waals surface area contributed by atoms with E-state index >= 15 is 0 Å².